The summed E-state index contributed by atoms with van der Waals surface area (Å²) in [5, 5.41) is 32.0. The second-order valence-corrected chi connectivity index (χ2v) is 6.52. The highest BCUT2D eigenvalue weighted by Gasteiger charge is 2.34. The quantitative estimate of drug-likeness (QED) is 0.343. The van der Waals surface area contributed by atoms with Gasteiger partial charge in [-0.05, 0) is 40.3 Å². The second-order valence-electron chi connectivity index (χ2n) is 6.52. The number of aromatic nitrogens is 6. The number of nitro groups is 1. The number of nitro benzene ring substituents is 1. The van der Waals surface area contributed by atoms with Gasteiger partial charge in [-0.3, -0.25) is 14.9 Å². The highest BCUT2D eigenvalue weighted by molar-refractivity contribution is 5.75. The van der Waals surface area contributed by atoms with Crippen molar-refractivity contribution in [2.75, 3.05) is 5.32 Å². The minimum absolute atomic E-state index is 0.0759. The average Bonchev–Trinajstić information content (AvgIpc) is 3.22. The topological polar surface area (TPSA) is 145 Å². The highest BCUT2D eigenvalue weighted by atomic mass is 19.1. The van der Waals surface area contributed by atoms with Crippen LogP contribution in [0.5, 0.6) is 0 Å². The second kappa shape index (κ2) is 6.55. The lowest BCUT2D eigenvalue weighted by Crippen LogP contribution is -2.29. The summed E-state index contributed by atoms with van der Waals surface area (Å²) in [5.74, 6) is -0.173. The molecule has 3 heterocycles. The Balaban J connectivity index is 1.76. The Kier molecular flexibility index (Phi) is 3.84. The largest absolute Gasteiger partial charge is 0.318 e. The first-order valence-electron chi connectivity index (χ1n) is 8.70. The molecular formula is C18H11FN8O3. The van der Waals surface area contributed by atoms with E-state index in [1.165, 1.54) is 41.1 Å². The van der Waals surface area contributed by atoms with E-state index in [9.17, 15) is 19.3 Å². The Bertz CT molecular complexity index is 1330. The molecule has 12 heteroatoms. The Morgan fingerprint density at radius 2 is 1.83 bits per heavy atom. The van der Waals surface area contributed by atoms with Gasteiger partial charge < -0.3 is 5.32 Å². The highest BCUT2D eigenvalue weighted by Crippen LogP contribution is 2.41. The number of tetrazole rings is 1. The molecule has 11 nitrogen and oxygen atoms in total. The van der Waals surface area contributed by atoms with Gasteiger partial charge in [-0.25, -0.2) is 9.49 Å². The van der Waals surface area contributed by atoms with Crippen molar-refractivity contribution >= 4 is 17.3 Å². The molecule has 0 bridgehead atoms. The number of nitrogens with zero attached hydrogens (tertiary/aromatic N) is 6. The third-order valence-electron chi connectivity index (χ3n) is 4.81. The van der Waals surface area contributed by atoms with E-state index in [0.29, 0.717) is 22.4 Å². The van der Waals surface area contributed by atoms with Crippen LogP contribution >= 0.6 is 0 Å². The summed E-state index contributed by atoms with van der Waals surface area (Å²) in [7, 11) is 0. The zero-order chi connectivity index (χ0) is 20.8. The molecule has 5 rings (SSSR count). The number of hydrogen-bond acceptors (Lipinski definition) is 8. The van der Waals surface area contributed by atoms with Crippen LogP contribution < -0.4 is 10.9 Å². The minimum atomic E-state index is -0.674. The maximum atomic E-state index is 13.5. The van der Waals surface area contributed by atoms with Gasteiger partial charge in [0.2, 0.25) is 5.95 Å². The molecule has 0 fully saturated rings. The summed E-state index contributed by atoms with van der Waals surface area (Å²) in [4.78, 5) is 23.0. The molecule has 0 saturated heterocycles. The number of non-ortho nitro benzene ring substituents is 1. The van der Waals surface area contributed by atoms with Gasteiger partial charge in [0.05, 0.1) is 10.6 Å². The summed E-state index contributed by atoms with van der Waals surface area (Å²) in [6.45, 7) is 0. The van der Waals surface area contributed by atoms with Crippen molar-refractivity contribution in [2.45, 2.75) is 6.04 Å². The van der Waals surface area contributed by atoms with Gasteiger partial charge in [0.25, 0.3) is 11.2 Å². The van der Waals surface area contributed by atoms with E-state index in [1.807, 2.05) is 0 Å². The van der Waals surface area contributed by atoms with Gasteiger partial charge >= 0.3 is 0 Å². The Hall–Kier alpha value is -4.48. The fourth-order valence-corrected chi connectivity index (χ4v) is 3.45. The molecule has 0 aliphatic carbocycles. The first kappa shape index (κ1) is 17.6. The number of aromatic amines is 1. The standard InChI is InChI=1S/C18H11FN8O3/c19-11-5-1-10(2-6-11)16-13-14(9-3-7-12(8-4-9)27(29)30)21-22-17(28)15(13)20-18-23-24-25-26(16)18/h1-8,16H,(H,22,28)(H,20,23,25)/t16-/m1/s1. The van der Waals surface area contributed by atoms with Crippen LogP contribution in [0.3, 0.4) is 0 Å². The fraction of sp³-hybridized carbons (Fsp3) is 0.0556. The van der Waals surface area contributed by atoms with Crippen LogP contribution in [0.4, 0.5) is 21.7 Å². The number of hydrogen-bond donors (Lipinski definition) is 2. The third kappa shape index (κ3) is 2.70. The molecule has 0 saturated carbocycles. The van der Waals surface area contributed by atoms with Crippen molar-refractivity contribution in [2.24, 2.45) is 0 Å². The molecule has 1 aliphatic rings. The van der Waals surface area contributed by atoms with Gasteiger partial charge in [0, 0.05) is 23.3 Å². The molecular weight excluding hydrogens is 395 g/mol. The molecule has 2 aromatic heterocycles. The van der Waals surface area contributed by atoms with Gasteiger partial charge in [0.15, 0.2) is 0 Å². The molecule has 148 valence electrons. The summed E-state index contributed by atoms with van der Waals surface area (Å²) in [5.41, 5.74) is 1.63. The van der Waals surface area contributed by atoms with E-state index in [0.717, 1.165) is 0 Å². The smallest absolute Gasteiger partial charge is 0.288 e. The van der Waals surface area contributed by atoms with E-state index in [2.05, 4.69) is 31.0 Å². The van der Waals surface area contributed by atoms with E-state index in [-0.39, 0.29) is 17.3 Å². The number of nitrogens with one attached hydrogen (secondary N) is 2. The van der Waals surface area contributed by atoms with E-state index in [4.69, 9.17) is 0 Å². The number of halogens is 1. The SMILES string of the molecule is O=c1[nH]nc(-c2ccc([N+](=O)[O-])cc2)c2c1Nc1nnnn1[C@@H]2c1ccc(F)cc1. The molecule has 0 unspecified atom stereocenters. The summed E-state index contributed by atoms with van der Waals surface area (Å²) >= 11 is 0. The minimum Gasteiger partial charge on any atom is -0.318 e. The first-order valence-corrected chi connectivity index (χ1v) is 8.70. The molecule has 4 aromatic rings. The van der Waals surface area contributed by atoms with Crippen LogP contribution in [-0.2, 0) is 0 Å². The van der Waals surface area contributed by atoms with Crippen LogP contribution in [-0.4, -0.2) is 35.3 Å². The Labute approximate surface area is 166 Å². The lowest BCUT2D eigenvalue weighted by atomic mass is 9.92. The van der Waals surface area contributed by atoms with Gasteiger partial charge in [-0.2, -0.15) is 9.78 Å². The van der Waals surface area contributed by atoms with E-state index in [1.54, 1.807) is 12.1 Å². The summed E-state index contributed by atoms with van der Waals surface area (Å²) in [6.07, 6.45) is 0. The van der Waals surface area contributed by atoms with Crippen molar-refractivity contribution in [3.8, 4) is 11.3 Å². The van der Waals surface area contributed by atoms with Crippen molar-refractivity contribution < 1.29 is 9.31 Å². The first-order chi connectivity index (χ1) is 14.5. The molecule has 1 atom stereocenters. The van der Waals surface area contributed by atoms with Crippen LogP contribution in [0, 0.1) is 15.9 Å². The molecule has 0 radical (unpaired) electrons. The Morgan fingerprint density at radius 3 is 2.53 bits per heavy atom. The zero-order valence-corrected chi connectivity index (χ0v) is 15.0. The number of H-pyrrole nitrogens is 1. The monoisotopic (exact) mass is 406 g/mol. The van der Waals surface area contributed by atoms with Crippen molar-refractivity contribution in [1.82, 2.24) is 30.4 Å². The maximum Gasteiger partial charge on any atom is 0.288 e. The molecule has 2 aromatic carbocycles. The number of benzene rings is 2. The molecule has 2 N–H and O–H groups in total. The molecule has 0 amide bonds. The van der Waals surface area contributed by atoms with Crippen LogP contribution in [0.2, 0.25) is 0 Å². The number of rotatable bonds is 3. The van der Waals surface area contributed by atoms with Crippen molar-refractivity contribution in [3.63, 3.8) is 0 Å². The van der Waals surface area contributed by atoms with E-state index < -0.39 is 22.3 Å². The summed E-state index contributed by atoms with van der Waals surface area (Å²) in [6, 6.07) is 10.8. The average molecular weight is 406 g/mol. The predicted molar refractivity (Wildman–Crippen MR) is 102 cm³/mol. The predicted octanol–water partition coefficient (Wildman–Crippen LogP) is 2.17. The zero-order valence-electron chi connectivity index (χ0n) is 15.0. The van der Waals surface area contributed by atoms with Gasteiger partial charge in [-0.1, -0.05) is 17.2 Å². The van der Waals surface area contributed by atoms with Gasteiger partial charge in [-0.15, -0.1) is 0 Å². The lowest BCUT2D eigenvalue weighted by Gasteiger charge is -2.27. The molecule has 1 aliphatic heterocycles. The normalized spacial score (nSPS) is 14.5. The number of fused-ring (bicyclic) bond motifs is 2. The van der Waals surface area contributed by atoms with Crippen molar-refractivity contribution in [3.05, 3.63) is 85.9 Å². The van der Waals surface area contributed by atoms with Crippen LogP contribution in [0.15, 0.2) is 53.3 Å². The third-order valence-corrected chi connectivity index (χ3v) is 4.81. The molecule has 30 heavy (non-hydrogen) atoms. The maximum absolute atomic E-state index is 13.5. The van der Waals surface area contributed by atoms with Gasteiger partial charge in [0.1, 0.15) is 17.5 Å². The van der Waals surface area contributed by atoms with Crippen LogP contribution in [0.25, 0.3) is 11.3 Å². The lowest BCUT2D eigenvalue weighted by molar-refractivity contribution is -0.384. The summed E-state index contributed by atoms with van der Waals surface area (Å²) < 4.78 is 15.0. The Morgan fingerprint density at radius 1 is 1.10 bits per heavy atom. The number of anilines is 2. The van der Waals surface area contributed by atoms with Crippen molar-refractivity contribution in [1.29, 1.82) is 0 Å². The fourth-order valence-electron chi connectivity index (χ4n) is 3.45. The van der Waals surface area contributed by atoms with Crippen LogP contribution in [0.1, 0.15) is 17.2 Å². The molecule has 0 spiro atoms. The van der Waals surface area contributed by atoms with E-state index >= 15 is 0 Å².